The van der Waals surface area contributed by atoms with Crippen LogP contribution in [0.3, 0.4) is 0 Å². The lowest BCUT2D eigenvalue weighted by Crippen LogP contribution is -2.35. The predicted molar refractivity (Wildman–Crippen MR) is 217 cm³/mol. The maximum atomic E-state index is 2.60. The third-order valence-electron chi connectivity index (χ3n) is 10.4. The standard InChI is InChI=1S/C48H33NS/c1-2-13-32(14-3-1)33-25-28-36(29-26-33)49(46-24-12-22-42-43-30-27-34-15-4-7-18-38(34)47(43)50-48(42)46)45-23-11-10-21-41(45)44-31-35-16-5-6-17-37(35)39-19-8-9-20-40(39)44/h1-31,41,45H. The summed E-state index contributed by atoms with van der Waals surface area (Å²) < 4.78 is 2.66. The van der Waals surface area contributed by atoms with Crippen molar-refractivity contribution in [1.29, 1.82) is 0 Å². The number of benzene rings is 8. The number of hydrogen-bond donors (Lipinski definition) is 0. The molecular formula is C48H33NS. The topological polar surface area (TPSA) is 3.24 Å². The molecule has 0 aliphatic heterocycles. The zero-order chi connectivity index (χ0) is 33.0. The van der Waals surface area contributed by atoms with Gasteiger partial charge >= 0.3 is 0 Å². The maximum Gasteiger partial charge on any atom is 0.0629 e. The van der Waals surface area contributed by atoms with Crippen molar-refractivity contribution < 1.29 is 0 Å². The van der Waals surface area contributed by atoms with E-state index in [9.17, 15) is 0 Å². The molecule has 2 atom stereocenters. The average molecular weight is 656 g/mol. The minimum atomic E-state index is 0.0414. The van der Waals surface area contributed by atoms with E-state index in [0.717, 1.165) is 0 Å². The molecule has 0 saturated carbocycles. The minimum absolute atomic E-state index is 0.0414. The largest absolute Gasteiger partial charge is 0.332 e. The van der Waals surface area contributed by atoms with Gasteiger partial charge in [0.25, 0.3) is 0 Å². The molecule has 1 aliphatic rings. The van der Waals surface area contributed by atoms with E-state index in [1.54, 1.807) is 0 Å². The summed E-state index contributed by atoms with van der Waals surface area (Å²) in [7, 11) is 0. The van der Waals surface area contributed by atoms with Crippen molar-refractivity contribution in [2.24, 2.45) is 0 Å². The number of hydrogen-bond acceptors (Lipinski definition) is 2. The molecule has 1 aliphatic carbocycles. The van der Waals surface area contributed by atoms with Crippen LogP contribution in [-0.4, -0.2) is 6.04 Å². The van der Waals surface area contributed by atoms with Crippen molar-refractivity contribution in [3.05, 3.63) is 194 Å². The van der Waals surface area contributed by atoms with Crippen LogP contribution in [0.2, 0.25) is 0 Å². The first-order valence-corrected chi connectivity index (χ1v) is 18.2. The Hall–Kier alpha value is -5.96. The molecule has 1 heterocycles. The van der Waals surface area contributed by atoms with E-state index in [1.807, 2.05) is 11.3 Å². The second kappa shape index (κ2) is 11.9. The molecule has 9 aromatic rings. The fourth-order valence-corrected chi connectivity index (χ4v) is 9.45. The van der Waals surface area contributed by atoms with Crippen LogP contribution in [0.4, 0.5) is 11.4 Å². The summed E-state index contributed by atoms with van der Waals surface area (Å²) in [6, 6.07) is 60.3. The van der Waals surface area contributed by atoms with Gasteiger partial charge in [-0.25, -0.2) is 0 Å². The van der Waals surface area contributed by atoms with Crippen LogP contribution in [0, 0.1) is 0 Å². The van der Waals surface area contributed by atoms with Gasteiger partial charge in [-0.3, -0.25) is 0 Å². The second-order valence-corrected chi connectivity index (χ2v) is 14.2. The Labute approximate surface area is 295 Å². The number of fused-ring (bicyclic) bond motifs is 8. The highest BCUT2D eigenvalue weighted by Crippen LogP contribution is 2.47. The summed E-state index contributed by atoms with van der Waals surface area (Å²) in [6.07, 6.45) is 9.27. The highest BCUT2D eigenvalue weighted by atomic mass is 32.1. The van der Waals surface area contributed by atoms with Crippen molar-refractivity contribution in [1.82, 2.24) is 0 Å². The number of nitrogens with zero attached hydrogens (tertiary/aromatic N) is 1. The van der Waals surface area contributed by atoms with E-state index in [4.69, 9.17) is 0 Å². The van der Waals surface area contributed by atoms with Gasteiger partial charge in [0.15, 0.2) is 0 Å². The van der Waals surface area contributed by atoms with Gasteiger partial charge in [-0.15, -0.1) is 11.3 Å². The monoisotopic (exact) mass is 655 g/mol. The molecule has 1 aromatic heterocycles. The molecule has 1 nitrogen and oxygen atoms in total. The Morgan fingerprint density at radius 3 is 1.90 bits per heavy atom. The van der Waals surface area contributed by atoms with Crippen molar-refractivity contribution in [3.8, 4) is 11.1 Å². The van der Waals surface area contributed by atoms with Crippen molar-refractivity contribution >= 4 is 75.2 Å². The SMILES string of the molecule is C1=CC(c2cc3ccccc3c3ccccc23)C(N(c2ccc(-c3ccccc3)cc2)c2cccc3c2sc2c4ccccc4ccc32)C=C1. The summed E-state index contributed by atoms with van der Waals surface area (Å²) >= 11 is 1.92. The van der Waals surface area contributed by atoms with Gasteiger partial charge < -0.3 is 4.90 Å². The lowest BCUT2D eigenvalue weighted by Gasteiger charge is -2.38. The lowest BCUT2D eigenvalue weighted by atomic mass is 9.82. The highest BCUT2D eigenvalue weighted by Gasteiger charge is 2.31. The van der Waals surface area contributed by atoms with E-state index in [0.29, 0.717) is 0 Å². The zero-order valence-electron chi connectivity index (χ0n) is 27.4. The van der Waals surface area contributed by atoms with Crippen LogP contribution in [0.25, 0.3) is 63.6 Å². The van der Waals surface area contributed by atoms with Crippen LogP contribution in [0.15, 0.2) is 188 Å². The third-order valence-corrected chi connectivity index (χ3v) is 11.7. The van der Waals surface area contributed by atoms with Crippen molar-refractivity contribution in [3.63, 3.8) is 0 Å². The van der Waals surface area contributed by atoms with E-state index in [2.05, 4.69) is 193 Å². The summed E-state index contributed by atoms with van der Waals surface area (Å²) in [4.78, 5) is 2.60. The summed E-state index contributed by atoms with van der Waals surface area (Å²) in [5.41, 5.74) is 6.22. The Balaban J connectivity index is 1.21. The molecule has 0 saturated heterocycles. The van der Waals surface area contributed by atoms with Gasteiger partial charge in [-0.1, -0.05) is 164 Å². The molecule has 2 heteroatoms. The molecule has 50 heavy (non-hydrogen) atoms. The molecule has 10 rings (SSSR count). The average Bonchev–Trinajstić information content (AvgIpc) is 3.59. The summed E-state index contributed by atoms with van der Waals surface area (Å²) in [5, 5.41) is 10.4. The molecule has 0 fully saturated rings. The molecule has 2 unspecified atom stereocenters. The normalized spacial score (nSPS) is 15.8. The number of thiophene rings is 1. The molecule has 0 N–H and O–H groups in total. The van der Waals surface area contributed by atoms with E-state index in [-0.39, 0.29) is 12.0 Å². The van der Waals surface area contributed by atoms with Crippen LogP contribution >= 0.6 is 11.3 Å². The maximum absolute atomic E-state index is 2.60. The Bertz CT molecular complexity index is 2770. The quantitative estimate of drug-likeness (QED) is 0.167. The van der Waals surface area contributed by atoms with Gasteiger partial charge in [0.05, 0.1) is 16.4 Å². The molecule has 236 valence electrons. The van der Waals surface area contributed by atoms with Crippen molar-refractivity contribution in [2.45, 2.75) is 12.0 Å². The molecular weight excluding hydrogens is 623 g/mol. The summed E-state index contributed by atoms with van der Waals surface area (Å²) in [5.74, 6) is 0.119. The number of anilines is 2. The molecule has 0 bridgehead atoms. The van der Waals surface area contributed by atoms with Crippen molar-refractivity contribution in [2.75, 3.05) is 4.90 Å². The molecule has 8 aromatic carbocycles. The first-order valence-electron chi connectivity index (χ1n) is 17.3. The van der Waals surface area contributed by atoms with Gasteiger partial charge in [0.1, 0.15) is 0 Å². The van der Waals surface area contributed by atoms with Gasteiger partial charge in [0, 0.05) is 27.1 Å². The van der Waals surface area contributed by atoms with Gasteiger partial charge in [-0.05, 0) is 73.3 Å². The van der Waals surface area contributed by atoms with E-state index in [1.165, 1.54) is 80.6 Å². The molecule has 0 amide bonds. The highest BCUT2D eigenvalue weighted by molar-refractivity contribution is 7.27. The third kappa shape index (κ3) is 4.68. The fraction of sp³-hybridized carbons (Fsp3) is 0.0417. The Morgan fingerprint density at radius 2 is 1.06 bits per heavy atom. The number of rotatable bonds is 5. The second-order valence-electron chi connectivity index (χ2n) is 13.2. The summed E-state index contributed by atoms with van der Waals surface area (Å²) in [6.45, 7) is 0. The van der Waals surface area contributed by atoms with Crippen LogP contribution in [-0.2, 0) is 0 Å². The van der Waals surface area contributed by atoms with Crippen LogP contribution in [0.1, 0.15) is 11.5 Å². The van der Waals surface area contributed by atoms with E-state index < -0.39 is 0 Å². The first kappa shape index (κ1) is 29.0. The lowest BCUT2D eigenvalue weighted by molar-refractivity contribution is 0.696. The number of allylic oxidation sites excluding steroid dienone is 2. The minimum Gasteiger partial charge on any atom is -0.332 e. The predicted octanol–water partition coefficient (Wildman–Crippen LogP) is 13.6. The van der Waals surface area contributed by atoms with Gasteiger partial charge in [-0.2, -0.15) is 0 Å². The molecule has 0 spiro atoms. The Morgan fingerprint density at radius 1 is 0.420 bits per heavy atom. The molecule has 0 radical (unpaired) electrons. The smallest absolute Gasteiger partial charge is 0.0629 e. The zero-order valence-corrected chi connectivity index (χ0v) is 28.2. The van der Waals surface area contributed by atoms with Crippen LogP contribution < -0.4 is 4.90 Å². The van der Waals surface area contributed by atoms with Crippen LogP contribution in [0.5, 0.6) is 0 Å². The Kier molecular flexibility index (Phi) is 6.89. The van der Waals surface area contributed by atoms with E-state index >= 15 is 0 Å². The van der Waals surface area contributed by atoms with Gasteiger partial charge in [0.2, 0.25) is 0 Å². The first-order chi connectivity index (χ1) is 24.8. The fourth-order valence-electron chi connectivity index (χ4n) is 8.11.